The summed E-state index contributed by atoms with van der Waals surface area (Å²) in [6, 6.07) is 13.6. The molecule has 0 radical (unpaired) electrons. The molecule has 1 aromatic rings. The number of hydrogen-bond donors (Lipinski definition) is 1. The summed E-state index contributed by atoms with van der Waals surface area (Å²) >= 11 is 0. The first-order valence-corrected chi connectivity index (χ1v) is 10.2. The normalized spacial score (nSPS) is 26.4. The van der Waals surface area contributed by atoms with Crippen molar-refractivity contribution in [2.24, 2.45) is 17.1 Å². The first-order valence-electron chi connectivity index (χ1n) is 10.2. The largest absolute Gasteiger partial charge is 0.399 e. The van der Waals surface area contributed by atoms with Gasteiger partial charge in [0.2, 0.25) is 11.3 Å². The van der Waals surface area contributed by atoms with E-state index in [4.69, 9.17) is 5.73 Å². The number of allylic oxidation sites excluding steroid dienone is 1. The van der Waals surface area contributed by atoms with Crippen LogP contribution in [0.3, 0.4) is 0 Å². The minimum absolute atomic E-state index is 0.000264. The van der Waals surface area contributed by atoms with Crippen LogP contribution < -0.4 is 10.6 Å². The fourth-order valence-electron chi connectivity index (χ4n) is 5.36. The number of amides is 1. The molecule has 7 nitrogen and oxygen atoms in total. The van der Waals surface area contributed by atoms with E-state index < -0.39 is 16.7 Å². The van der Waals surface area contributed by atoms with Crippen LogP contribution in [0.1, 0.15) is 12.5 Å². The van der Waals surface area contributed by atoms with Crippen LogP contribution in [-0.4, -0.2) is 37.0 Å². The molecule has 1 spiro atoms. The number of rotatable bonds is 3. The number of fused-ring (bicyclic) bond motifs is 4. The molecule has 2 aliphatic heterocycles. The number of carbonyl (C=O) groups excluding carboxylic acids is 1. The van der Waals surface area contributed by atoms with Gasteiger partial charge in [0.05, 0.1) is 29.5 Å². The van der Waals surface area contributed by atoms with Crippen molar-refractivity contribution in [3.05, 3.63) is 65.4 Å². The van der Waals surface area contributed by atoms with Crippen molar-refractivity contribution in [1.82, 2.24) is 4.90 Å². The van der Waals surface area contributed by atoms with Gasteiger partial charge < -0.3 is 10.6 Å². The van der Waals surface area contributed by atoms with E-state index in [9.17, 15) is 20.6 Å². The van der Waals surface area contributed by atoms with E-state index in [1.807, 2.05) is 37.3 Å². The van der Waals surface area contributed by atoms with Crippen molar-refractivity contribution in [2.75, 3.05) is 31.1 Å². The van der Waals surface area contributed by atoms with Crippen molar-refractivity contribution in [3.8, 4) is 18.2 Å². The Bertz CT molecular complexity index is 1160. The number of anilines is 1. The molecular formula is C24H22N6O. The monoisotopic (exact) mass is 410 g/mol. The number of hydrogen-bond acceptors (Lipinski definition) is 6. The highest BCUT2D eigenvalue weighted by Crippen LogP contribution is 2.60. The summed E-state index contributed by atoms with van der Waals surface area (Å²) in [7, 11) is 0. The quantitative estimate of drug-likeness (QED) is 0.762. The molecule has 0 fully saturated rings. The fraction of sp³-hybridized carbons (Fsp3) is 0.333. The van der Waals surface area contributed by atoms with Gasteiger partial charge in [-0.25, -0.2) is 0 Å². The summed E-state index contributed by atoms with van der Waals surface area (Å²) in [5.41, 5.74) is 5.03. The third-order valence-electron chi connectivity index (χ3n) is 6.82. The predicted octanol–water partition coefficient (Wildman–Crippen LogP) is 2.12. The Morgan fingerprint density at radius 2 is 2.00 bits per heavy atom. The lowest BCUT2D eigenvalue weighted by atomic mass is 9.52. The highest BCUT2D eigenvalue weighted by atomic mass is 16.2. The zero-order valence-corrected chi connectivity index (χ0v) is 17.3. The molecule has 2 heterocycles. The number of carbonyl (C=O) groups is 1. The average molecular weight is 410 g/mol. The van der Waals surface area contributed by atoms with Gasteiger partial charge in [-0.1, -0.05) is 37.3 Å². The van der Waals surface area contributed by atoms with Gasteiger partial charge in [-0.15, -0.1) is 6.58 Å². The number of nitrogens with two attached hydrogens (primary N) is 1. The molecule has 31 heavy (non-hydrogen) atoms. The maximum absolute atomic E-state index is 14.1. The summed E-state index contributed by atoms with van der Waals surface area (Å²) in [6.07, 6.45) is 3.49. The Morgan fingerprint density at radius 1 is 1.29 bits per heavy atom. The van der Waals surface area contributed by atoms with Crippen LogP contribution in [0.15, 0.2) is 59.8 Å². The van der Waals surface area contributed by atoms with Crippen LogP contribution >= 0.6 is 0 Å². The van der Waals surface area contributed by atoms with Crippen LogP contribution in [0.2, 0.25) is 0 Å². The summed E-state index contributed by atoms with van der Waals surface area (Å²) in [4.78, 5) is 17.9. The van der Waals surface area contributed by atoms with E-state index in [0.29, 0.717) is 29.9 Å². The van der Waals surface area contributed by atoms with Gasteiger partial charge >= 0.3 is 0 Å². The van der Waals surface area contributed by atoms with Gasteiger partial charge in [-0.2, -0.15) is 15.8 Å². The third kappa shape index (κ3) is 2.31. The first kappa shape index (κ1) is 20.4. The smallest absolute Gasteiger partial charge is 0.243 e. The second-order valence-corrected chi connectivity index (χ2v) is 7.97. The Balaban J connectivity index is 2.15. The predicted molar refractivity (Wildman–Crippen MR) is 115 cm³/mol. The van der Waals surface area contributed by atoms with Crippen LogP contribution in [0, 0.1) is 45.3 Å². The molecule has 1 amide bonds. The maximum atomic E-state index is 14.1. The Morgan fingerprint density at radius 3 is 2.61 bits per heavy atom. The number of nitrogens with zero attached hydrogens (tertiary/aromatic N) is 5. The van der Waals surface area contributed by atoms with Gasteiger partial charge in [0, 0.05) is 31.2 Å². The molecule has 0 bridgehead atoms. The van der Waals surface area contributed by atoms with E-state index in [2.05, 4.69) is 29.7 Å². The lowest BCUT2D eigenvalue weighted by molar-refractivity contribution is -0.123. The van der Waals surface area contributed by atoms with Crippen LogP contribution in [0.5, 0.6) is 0 Å². The molecule has 7 heteroatoms. The second-order valence-electron chi connectivity index (χ2n) is 7.97. The molecule has 154 valence electrons. The molecule has 0 saturated carbocycles. The summed E-state index contributed by atoms with van der Waals surface area (Å²) < 4.78 is 0. The van der Waals surface area contributed by atoms with E-state index in [1.165, 1.54) is 0 Å². The molecule has 0 unspecified atom stereocenters. The lowest BCUT2D eigenvalue weighted by Gasteiger charge is -2.49. The topological polar surface area (TPSA) is 121 Å². The van der Waals surface area contributed by atoms with Crippen molar-refractivity contribution >= 4 is 11.6 Å². The van der Waals surface area contributed by atoms with E-state index >= 15 is 0 Å². The highest BCUT2D eigenvalue weighted by molar-refractivity contribution is 6.12. The van der Waals surface area contributed by atoms with E-state index in [-0.39, 0.29) is 23.7 Å². The van der Waals surface area contributed by atoms with Gasteiger partial charge in [0.15, 0.2) is 0 Å². The number of para-hydroxylation sites is 1. The van der Waals surface area contributed by atoms with E-state index in [0.717, 1.165) is 6.54 Å². The minimum atomic E-state index is -1.76. The average Bonchev–Trinajstić information content (AvgIpc) is 3.04. The van der Waals surface area contributed by atoms with Crippen LogP contribution in [-0.2, 0) is 10.2 Å². The van der Waals surface area contributed by atoms with E-state index in [1.54, 1.807) is 11.0 Å². The molecular weight excluding hydrogens is 388 g/mol. The second kappa shape index (κ2) is 7.13. The Labute approximate surface area is 181 Å². The minimum Gasteiger partial charge on any atom is -0.399 e. The van der Waals surface area contributed by atoms with Gasteiger partial charge in [-0.3, -0.25) is 9.69 Å². The SMILES string of the molecule is C=CCN1C(=O)[C@@]2(C(C#N)=C(N)C(C#N)(C#N)C3=CCN(CC)C[C@@H]32)c2ccccc21. The first-order chi connectivity index (χ1) is 15.0. The molecule has 0 aromatic heterocycles. The molecule has 0 saturated heterocycles. The maximum Gasteiger partial charge on any atom is 0.243 e. The summed E-state index contributed by atoms with van der Waals surface area (Å²) in [5, 5.41) is 30.4. The number of likely N-dealkylation sites (N-methyl/N-ethyl adjacent to an activating group) is 1. The fourth-order valence-corrected chi connectivity index (χ4v) is 5.36. The molecule has 2 N–H and O–H groups in total. The summed E-state index contributed by atoms with van der Waals surface area (Å²) in [5.74, 6) is -0.836. The Hall–Kier alpha value is -3.86. The van der Waals surface area contributed by atoms with Gasteiger partial charge in [0.1, 0.15) is 5.41 Å². The molecule has 2 atom stereocenters. The highest BCUT2D eigenvalue weighted by Gasteiger charge is 2.66. The van der Waals surface area contributed by atoms with Gasteiger partial charge in [0.25, 0.3) is 0 Å². The number of nitriles is 3. The van der Waals surface area contributed by atoms with Crippen LogP contribution in [0.4, 0.5) is 5.69 Å². The Kier molecular flexibility index (Phi) is 4.69. The lowest BCUT2D eigenvalue weighted by Crippen LogP contribution is -2.58. The number of benzene rings is 1. The van der Waals surface area contributed by atoms with Crippen molar-refractivity contribution in [3.63, 3.8) is 0 Å². The molecule has 1 aromatic carbocycles. The standard InChI is InChI=1S/C24H22N6O/c1-3-10-30-20-8-6-5-7-17(20)24(22(30)31)18(12-25)21(28)23(14-26,15-27)16-9-11-29(4-2)13-19(16)24/h3,5-9,19H,1,4,10-11,13,28H2,2H3/t19-,24+/m0/s1. The zero-order chi connectivity index (χ0) is 22.4. The molecule has 1 aliphatic carbocycles. The summed E-state index contributed by atoms with van der Waals surface area (Å²) in [6.45, 7) is 7.78. The van der Waals surface area contributed by atoms with Crippen molar-refractivity contribution in [2.45, 2.75) is 12.3 Å². The van der Waals surface area contributed by atoms with Crippen molar-refractivity contribution < 1.29 is 4.79 Å². The van der Waals surface area contributed by atoms with Gasteiger partial charge in [-0.05, 0) is 23.7 Å². The van der Waals surface area contributed by atoms with Crippen molar-refractivity contribution in [1.29, 1.82) is 15.8 Å². The third-order valence-corrected chi connectivity index (χ3v) is 6.82. The molecule has 4 rings (SSSR count). The molecule has 3 aliphatic rings. The zero-order valence-electron chi connectivity index (χ0n) is 17.3. The van der Waals surface area contributed by atoms with Crippen LogP contribution in [0.25, 0.3) is 0 Å².